The topological polar surface area (TPSA) is 48.1 Å². The van der Waals surface area contributed by atoms with Gasteiger partial charge in [-0.2, -0.15) is 0 Å². The lowest BCUT2D eigenvalue weighted by Crippen LogP contribution is -2.18. The van der Waals surface area contributed by atoms with E-state index in [4.69, 9.17) is 10.5 Å². The summed E-state index contributed by atoms with van der Waals surface area (Å²) in [6.07, 6.45) is 3.36. The molecule has 0 radical (unpaired) electrons. The maximum absolute atomic E-state index is 5.92. The van der Waals surface area contributed by atoms with Gasteiger partial charge in [-0.15, -0.1) is 0 Å². The quantitative estimate of drug-likeness (QED) is 0.871. The van der Waals surface area contributed by atoms with Crippen molar-refractivity contribution >= 4 is 22.6 Å². The fraction of sp³-hybridized carbons (Fsp3) is 0.154. The fourth-order valence-corrected chi connectivity index (χ4v) is 2.04. The molecule has 0 spiro atoms. The number of nitrogens with two attached hydrogens (primary N) is 1. The molecule has 17 heavy (non-hydrogen) atoms. The van der Waals surface area contributed by atoms with Gasteiger partial charge >= 0.3 is 0 Å². The highest BCUT2D eigenvalue weighted by atomic mass is 127. The third kappa shape index (κ3) is 3.17. The number of halogens is 1. The first kappa shape index (κ1) is 12.3. The van der Waals surface area contributed by atoms with Gasteiger partial charge in [0, 0.05) is 18.9 Å². The number of pyridine rings is 1. The Morgan fingerprint density at radius 3 is 2.53 bits per heavy atom. The van der Waals surface area contributed by atoms with E-state index in [9.17, 15) is 0 Å². The third-order valence-electron chi connectivity index (χ3n) is 2.40. The minimum atomic E-state index is -0.131. The molecular formula is C13H13IN2O. The second-order valence-electron chi connectivity index (χ2n) is 3.55. The van der Waals surface area contributed by atoms with Crippen molar-refractivity contribution in [1.82, 2.24) is 4.98 Å². The molecule has 4 heteroatoms. The van der Waals surface area contributed by atoms with E-state index < -0.39 is 0 Å². The van der Waals surface area contributed by atoms with Gasteiger partial charge < -0.3 is 10.5 Å². The number of hydrogen-bond donors (Lipinski definition) is 1. The molecule has 0 aliphatic carbocycles. The number of nitrogens with zero attached hydrogens (tertiary/aromatic N) is 1. The number of para-hydroxylation sites is 1. The molecular weight excluding hydrogens is 327 g/mol. The third-order valence-corrected chi connectivity index (χ3v) is 3.29. The van der Waals surface area contributed by atoms with Crippen molar-refractivity contribution < 1.29 is 4.74 Å². The maximum Gasteiger partial charge on any atom is 0.136 e. The van der Waals surface area contributed by atoms with Crippen molar-refractivity contribution in [3.8, 4) is 5.75 Å². The van der Waals surface area contributed by atoms with Crippen LogP contribution in [0.1, 0.15) is 11.7 Å². The Kier molecular flexibility index (Phi) is 4.33. The van der Waals surface area contributed by atoms with Crippen LogP contribution in [0.2, 0.25) is 0 Å². The maximum atomic E-state index is 5.92. The normalized spacial score (nSPS) is 12.1. The van der Waals surface area contributed by atoms with E-state index in [2.05, 4.69) is 27.6 Å². The molecule has 0 aliphatic heterocycles. The van der Waals surface area contributed by atoms with Crippen LogP contribution >= 0.6 is 22.6 Å². The summed E-state index contributed by atoms with van der Waals surface area (Å²) in [6.45, 7) is 0.439. The number of ether oxygens (including phenoxy) is 1. The van der Waals surface area contributed by atoms with Crippen LogP contribution in [-0.2, 0) is 0 Å². The second-order valence-corrected chi connectivity index (χ2v) is 4.72. The molecule has 3 nitrogen and oxygen atoms in total. The summed E-state index contributed by atoms with van der Waals surface area (Å²) in [5, 5.41) is 0. The molecule has 2 N–H and O–H groups in total. The van der Waals surface area contributed by atoms with Gasteiger partial charge in [0.25, 0.3) is 0 Å². The van der Waals surface area contributed by atoms with Gasteiger partial charge in [0.2, 0.25) is 0 Å². The zero-order valence-electron chi connectivity index (χ0n) is 9.21. The Balaban J connectivity index is 2.19. The van der Waals surface area contributed by atoms with E-state index in [1.165, 1.54) is 0 Å². The predicted molar refractivity (Wildman–Crippen MR) is 75.8 cm³/mol. The number of benzene rings is 1. The molecule has 0 amide bonds. The van der Waals surface area contributed by atoms with Gasteiger partial charge in [-0.3, -0.25) is 4.98 Å². The molecule has 1 aromatic heterocycles. The molecule has 0 saturated carbocycles. The smallest absolute Gasteiger partial charge is 0.136 e. The molecule has 2 rings (SSSR count). The second kappa shape index (κ2) is 5.97. The van der Waals surface area contributed by atoms with Crippen LogP contribution in [0, 0.1) is 3.57 Å². The highest BCUT2D eigenvalue weighted by molar-refractivity contribution is 14.1. The average molecular weight is 340 g/mol. The summed E-state index contributed by atoms with van der Waals surface area (Å²) in [5.41, 5.74) is 6.80. The van der Waals surface area contributed by atoms with Crippen LogP contribution < -0.4 is 10.5 Å². The molecule has 0 bridgehead atoms. The lowest BCUT2D eigenvalue weighted by atomic mass is 10.1. The van der Waals surface area contributed by atoms with Crippen molar-refractivity contribution in [2.45, 2.75) is 6.10 Å². The SMILES string of the molecule is NCC(Oc1ccccc1I)c1ccncc1. The minimum absolute atomic E-state index is 0.131. The van der Waals surface area contributed by atoms with Gasteiger partial charge in [0.1, 0.15) is 11.9 Å². The number of hydrogen-bond acceptors (Lipinski definition) is 3. The summed E-state index contributed by atoms with van der Waals surface area (Å²) >= 11 is 2.25. The van der Waals surface area contributed by atoms with Gasteiger partial charge in [-0.1, -0.05) is 12.1 Å². The highest BCUT2D eigenvalue weighted by Crippen LogP contribution is 2.25. The Morgan fingerprint density at radius 2 is 1.88 bits per heavy atom. The highest BCUT2D eigenvalue weighted by Gasteiger charge is 2.12. The fourth-order valence-electron chi connectivity index (χ4n) is 1.52. The number of rotatable bonds is 4. The summed E-state index contributed by atoms with van der Waals surface area (Å²) in [5.74, 6) is 0.861. The monoisotopic (exact) mass is 340 g/mol. The molecule has 1 atom stereocenters. The van der Waals surface area contributed by atoms with E-state index in [1.807, 2.05) is 36.4 Å². The van der Waals surface area contributed by atoms with Crippen LogP contribution in [0.5, 0.6) is 5.75 Å². The summed E-state index contributed by atoms with van der Waals surface area (Å²) in [4.78, 5) is 3.99. The Labute approximate surface area is 114 Å². The van der Waals surface area contributed by atoms with Crippen molar-refractivity contribution in [2.24, 2.45) is 5.73 Å². The summed E-state index contributed by atoms with van der Waals surface area (Å²) < 4.78 is 7.00. The van der Waals surface area contributed by atoms with Gasteiger partial charge in [-0.25, -0.2) is 0 Å². The van der Waals surface area contributed by atoms with Gasteiger partial charge in [0.05, 0.1) is 3.57 Å². The first-order valence-corrected chi connectivity index (χ1v) is 6.40. The van der Waals surface area contributed by atoms with E-state index in [0.717, 1.165) is 14.9 Å². The molecule has 0 aliphatic rings. The van der Waals surface area contributed by atoms with Gasteiger partial charge in [-0.05, 0) is 52.4 Å². The van der Waals surface area contributed by atoms with Crippen LogP contribution in [-0.4, -0.2) is 11.5 Å². The van der Waals surface area contributed by atoms with E-state index in [1.54, 1.807) is 12.4 Å². The van der Waals surface area contributed by atoms with Crippen LogP contribution in [0.4, 0.5) is 0 Å². The van der Waals surface area contributed by atoms with E-state index in [-0.39, 0.29) is 6.10 Å². The molecule has 0 saturated heterocycles. The zero-order valence-corrected chi connectivity index (χ0v) is 11.4. The standard InChI is InChI=1S/C13H13IN2O/c14-11-3-1-2-4-12(11)17-13(9-15)10-5-7-16-8-6-10/h1-8,13H,9,15H2. The van der Waals surface area contributed by atoms with Crippen LogP contribution in [0.15, 0.2) is 48.8 Å². The minimum Gasteiger partial charge on any atom is -0.483 e. The van der Waals surface area contributed by atoms with Crippen molar-refractivity contribution in [2.75, 3.05) is 6.54 Å². The van der Waals surface area contributed by atoms with Crippen molar-refractivity contribution in [1.29, 1.82) is 0 Å². The lowest BCUT2D eigenvalue weighted by Gasteiger charge is -2.18. The summed E-state index contributed by atoms with van der Waals surface area (Å²) in [7, 11) is 0. The Bertz CT molecular complexity index is 476. The first-order valence-electron chi connectivity index (χ1n) is 5.32. The molecule has 1 heterocycles. The van der Waals surface area contributed by atoms with Crippen LogP contribution in [0.3, 0.4) is 0 Å². The van der Waals surface area contributed by atoms with Gasteiger partial charge in [0.15, 0.2) is 0 Å². The Hall–Kier alpha value is -1.14. The molecule has 1 unspecified atom stereocenters. The predicted octanol–water partition coefficient (Wildman–Crippen LogP) is 2.77. The first-order chi connectivity index (χ1) is 8.31. The summed E-state index contributed by atoms with van der Waals surface area (Å²) in [6, 6.07) is 11.7. The number of aromatic nitrogens is 1. The average Bonchev–Trinajstić information content (AvgIpc) is 2.39. The van der Waals surface area contributed by atoms with Crippen molar-refractivity contribution in [3.05, 3.63) is 57.9 Å². The zero-order chi connectivity index (χ0) is 12.1. The van der Waals surface area contributed by atoms with E-state index in [0.29, 0.717) is 6.54 Å². The lowest BCUT2D eigenvalue weighted by molar-refractivity contribution is 0.212. The largest absolute Gasteiger partial charge is 0.483 e. The Morgan fingerprint density at radius 1 is 1.18 bits per heavy atom. The molecule has 88 valence electrons. The van der Waals surface area contributed by atoms with E-state index >= 15 is 0 Å². The molecule has 0 fully saturated rings. The molecule has 2 aromatic rings. The molecule has 1 aromatic carbocycles. The van der Waals surface area contributed by atoms with Crippen LogP contribution in [0.25, 0.3) is 0 Å². The van der Waals surface area contributed by atoms with Crippen molar-refractivity contribution in [3.63, 3.8) is 0 Å².